The molecule has 1 aromatic rings. The lowest BCUT2D eigenvalue weighted by Gasteiger charge is -2.30. The molecule has 17 heavy (non-hydrogen) atoms. The van der Waals surface area contributed by atoms with Gasteiger partial charge in [-0.25, -0.2) is 0 Å². The smallest absolute Gasteiger partial charge is 0.131 e. The van der Waals surface area contributed by atoms with Crippen molar-refractivity contribution in [3.05, 3.63) is 35.4 Å². The van der Waals surface area contributed by atoms with Gasteiger partial charge in [-0.1, -0.05) is 38.1 Å². The minimum atomic E-state index is 0.226. The van der Waals surface area contributed by atoms with Crippen LogP contribution in [0.4, 0.5) is 0 Å². The van der Waals surface area contributed by atoms with E-state index in [9.17, 15) is 4.79 Å². The Morgan fingerprint density at radius 1 is 1.24 bits per heavy atom. The van der Waals surface area contributed by atoms with Gasteiger partial charge in [0.2, 0.25) is 0 Å². The molecule has 1 aromatic carbocycles. The fraction of sp³-hybridized carbons (Fsp3) is 0.533. The normalized spacial score (nSPS) is 12.8. The Hall–Kier alpha value is -1.15. The van der Waals surface area contributed by atoms with Gasteiger partial charge >= 0.3 is 0 Å². The molecule has 1 atom stereocenters. The van der Waals surface area contributed by atoms with E-state index in [1.165, 1.54) is 11.1 Å². The van der Waals surface area contributed by atoms with Gasteiger partial charge in [0.1, 0.15) is 5.78 Å². The van der Waals surface area contributed by atoms with E-state index in [0.29, 0.717) is 6.42 Å². The molecule has 0 aliphatic heterocycles. The molecule has 0 saturated heterocycles. The lowest BCUT2D eigenvalue weighted by atomic mass is 9.96. The molecule has 0 saturated carbocycles. The van der Waals surface area contributed by atoms with E-state index in [0.717, 1.165) is 13.1 Å². The van der Waals surface area contributed by atoms with E-state index in [-0.39, 0.29) is 11.8 Å². The Bertz CT molecular complexity index is 369. The largest absolute Gasteiger partial charge is 0.300 e. The molecule has 0 bridgehead atoms. The zero-order valence-corrected chi connectivity index (χ0v) is 11.4. The van der Waals surface area contributed by atoms with Crippen LogP contribution in [0.3, 0.4) is 0 Å². The molecule has 0 spiro atoms. The van der Waals surface area contributed by atoms with Gasteiger partial charge in [-0.05, 0) is 38.1 Å². The van der Waals surface area contributed by atoms with Crippen LogP contribution in [0.2, 0.25) is 0 Å². The summed E-state index contributed by atoms with van der Waals surface area (Å²) in [4.78, 5) is 13.8. The van der Waals surface area contributed by atoms with Crippen LogP contribution in [0.5, 0.6) is 0 Å². The third-order valence-corrected chi connectivity index (χ3v) is 3.28. The zero-order valence-electron chi connectivity index (χ0n) is 11.4. The van der Waals surface area contributed by atoms with Gasteiger partial charge in [-0.15, -0.1) is 0 Å². The Labute approximate surface area is 105 Å². The first-order valence-electron chi connectivity index (χ1n) is 6.39. The van der Waals surface area contributed by atoms with Gasteiger partial charge in [0, 0.05) is 12.5 Å². The van der Waals surface area contributed by atoms with E-state index in [4.69, 9.17) is 0 Å². The first-order valence-corrected chi connectivity index (χ1v) is 6.39. The predicted molar refractivity (Wildman–Crippen MR) is 72.1 cm³/mol. The van der Waals surface area contributed by atoms with E-state index in [1.807, 2.05) is 6.07 Å². The summed E-state index contributed by atoms with van der Waals surface area (Å²) in [6, 6.07) is 8.58. The van der Waals surface area contributed by atoms with Crippen molar-refractivity contribution in [1.82, 2.24) is 4.90 Å². The van der Waals surface area contributed by atoms with Crippen molar-refractivity contribution in [2.24, 2.45) is 0 Å². The summed E-state index contributed by atoms with van der Waals surface area (Å²) in [6.07, 6.45) is 0.604. The highest BCUT2D eigenvalue weighted by atomic mass is 16.1. The van der Waals surface area contributed by atoms with E-state index in [2.05, 4.69) is 43.9 Å². The molecular formula is C15H23NO. The minimum Gasteiger partial charge on any atom is -0.300 e. The van der Waals surface area contributed by atoms with Crippen molar-refractivity contribution in [2.75, 3.05) is 13.1 Å². The highest BCUT2D eigenvalue weighted by Gasteiger charge is 2.20. The van der Waals surface area contributed by atoms with Crippen LogP contribution in [0.25, 0.3) is 0 Å². The van der Waals surface area contributed by atoms with Crippen LogP contribution in [0, 0.1) is 6.92 Å². The number of aryl methyl sites for hydroxylation is 1. The summed E-state index contributed by atoms with van der Waals surface area (Å²) < 4.78 is 0. The molecule has 0 amide bonds. The summed E-state index contributed by atoms with van der Waals surface area (Å²) >= 11 is 0. The number of rotatable bonds is 6. The lowest BCUT2D eigenvalue weighted by Crippen LogP contribution is -2.30. The molecule has 1 rings (SSSR count). The number of carbonyl (C=O) groups excluding carboxylic acids is 1. The molecule has 2 heteroatoms. The number of carbonyl (C=O) groups is 1. The van der Waals surface area contributed by atoms with Crippen molar-refractivity contribution in [3.8, 4) is 0 Å². The average Bonchev–Trinajstić information content (AvgIpc) is 2.29. The molecule has 1 unspecified atom stereocenters. The second-order valence-electron chi connectivity index (χ2n) is 4.50. The van der Waals surface area contributed by atoms with Crippen LogP contribution < -0.4 is 0 Å². The quantitative estimate of drug-likeness (QED) is 0.751. The van der Waals surface area contributed by atoms with E-state index in [1.54, 1.807) is 6.92 Å². The fourth-order valence-electron chi connectivity index (χ4n) is 2.33. The van der Waals surface area contributed by atoms with Crippen molar-refractivity contribution < 1.29 is 4.79 Å². The number of ketones is 1. The molecule has 0 aromatic heterocycles. The highest BCUT2D eigenvalue weighted by molar-refractivity contribution is 5.76. The summed E-state index contributed by atoms with van der Waals surface area (Å²) in [5.74, 6) is 0.255. The Morgan fingerprint density at radius 2 is 1.82 bits per heavy atom. The van der Waals surface area contributed by atoms with Gasteiger partial charge in [0.15, 0.2) is 0 Å². The maximum absolute atomic E-state index is 11.4. The fourth-order valence-corrected chi connectivity index (χ4v) is 2.33. The van der Waals surface area contributed by atoms with Crippen molar-refractivity contribution in [1.29, 1.82) is 0 Å². The SMILES string of the molecule is CCN(CC)C(CC(C)=O)c1ccccc1C. The van der Waals surface area contributed by atoms with Gasteiger partial charge in [0.05, 0.1) is 0 Å². The number of nitrogens with zero attached hydrogens (tertiary/aromatic N) is 1. The summed E-state index contributed by atoms with van der Waals surface area (Å²) in [7, 11) is 0. The molecule has 0 radical (unpaired) electrons. The second kappa shape index (κ2) is 6.55. The topological polar surface area (TPSA) is 20.3 Å². The summed E-state index contributed by atoms with van der Waals surface area (Å²) in [6.45, 7) is 10.0. The molecule has 0 N–H and O–H groups in total. The first-order chi connectivity index (χ1) is 8.10. The maximum atomic E-state index is 11.4. The molecule has 0 heterocycles. The van der Waals surface area contributed by atoms with Gasteiger partial charge in [0.25, 0.3) is 0 Å². The minimum absolute atomic E-state index is 0.226. The molecule has 94 valence electrons. The molecule has 0 aliphatic rings. The summed E-state index contributed by atoms with van der Waals surface area (Å²) in [5, 5.41) is 0. The van der Waals surface area contributed by atoms with Gasteiger partial charge in [-0.2, -0.15) is 0 Å². The third-order valence-electron chi connectivity index (χ3n) is 3.28. The molecule has 2 nitrogen and oxygen atoms in total. The first kappa shape index (κ1) is 13.9. The Morgan fingerprint density at radius 3 is 2.29 bits per heavy atom. The number of hydrogen-bond acceptors (Lipinski definition) is 2. The van der Waals surface area contributed by atoms with Crippen molar-refractivity contribution >= 4 is 5.78 Å². The third kappa shape index (κ3) is 3.67. The second-order valence-corrected chi connectivity index (χ2v) is 4.50. The molecular weight excluding hydrogens is 210 g/mol. The van der Waals surface area contributed by atoms with Gasteiger partial charge in [-0.3, -0.25) is 9.69 Å². The molecule has 0 fully saturated rings. The van der Waals surface area contributed by atoms with E-state index < -0.39 is 0 Å². The average molecular weight is 233 g/mol. The monoisotopic (exact) mass is 233 g/mol. The van der Waals surface area contributed by atoms with Crippen LogP contribution in [-0.2, 0) is 4.79 Å². The number of benzene rings is 1. The van der Waals surface area contributed by atoms with Crippen LogP contribution in [0.15, 0.2) is 24.3 Å². The number of hydrogen-bond donors (Lipinski definition) is 0. The number of Topliss-reactive ketones (excluding diaryl/α,β-unsaturated/α-hetero) is 1. The Kier molecular flexibility index (Phi) is 5.36. The predicted octanol–water partition coefficient (Wildman–Crippen LogP) is 3.36. The van der Waals surface area contributed by atoms with Crippen LogP contribution >= 0.6 is 0 Å². The van der Waals surface area contributed by atoms with Gasteiger partial charge < -0.3 is 0 Å². The molecule has 0 aliphatic carbocycles. The van der Waals surface area contributed by atoms with Crippen LogP contribution in [-0.4, -0.2) is 23.8 Å². The van der Waals surface area contributed by atoms with Crippen molar-refractivity contribution in [2.45, 2.75) is 40.2 Å². The van der Waals surface area contributed by atoms with E-state index >= 15 is 0 Å². The maximum Gasteiger partial charge on any atom is 0.131 e. The van der Waals surface area contributed by atoms with Crippen molar-refractivity contribution in [3.63, 3.8) is 0 Å². The zero-order chi connectivity index (χ0) is 12.8. The summed E-state index contributed by atoms with van der Waals surface area (Å²) in [5.41, 5.74) is 2.55. The Balaban J connectivity index is 3.05. The lowest BCUT2D eigenvalue weighted by molar-refractivity contribution is -0.118. The highest BCUT2D eigenvalue weighted by Crippen LogP contribution is 2.26. The van der Waals surface area contributed by atoms with Crippen LogP contribution in [0.1, 0.15) is 44.4 Å². The standard InChI is InChI=1S/C15H23NO/c1-5-16(6-2)15(11-13(4)17)14-10-8-7-9-12(14)3/h7-10,15H,5-6,11H2,1-4H3.